The van der Waals surface area contributed by atoms with E-state index in [9.17, 15) is 9.18 Å². The Morgan fingerprint density at radius 3 is 2.50 bits per heavy atom. The van der Waals surface area contributed by atoms with Gasteiger partial charge < -0.3 is 5.11 Å². The number of nitrogens with zero attached hydrogens (tertiary/aromatic N) is 2. The maximum absolute atomic E-state index is 12.5. The van der Waals surface area contributed by atoms with Crippen molar-refractivity contribution in [1.82, 2.24) is 4.90 Å². The molecule has 1 rings (SSSR count). The highest BCUT2D eigenvalue weighted by Gasteiger charge is 2.10. The Morgan fingerprint density at radius 2 is 2.07 bits per heavy atom. The number of halogens is 1. The molecule has 0 aliphatic carbocycles. The second-order valence-electron chi connectivity index (χ2n) is 2.60. The first-order valence-corrected chi connectivity index (χ1v) is 3.78. The Kier molecular flexibility index (Phi) is 3.02. The van der Waals surface area contributed by atoms with Crippen molar-refractivity contribution in [3.8, 4) is 6.19 Å². The maximum atomic E-state index is 12.5. The minimum atomic E-state index is -1.32. The first kappa shape index (κ1) is 9.99. The standard InChI is InChI=1S/C9H7FN2O2/c10-8-3-1-7(2-4-8)5-12(6-11)9(13)14/h1-4H,5H2,(H,13,14). The van der Waals surface area contributed by atoms with E-state index in [1.807, 2.05) is 0 Å². The lowest BCUT2D eigenvalue weighted by molar-refractivity contribution is 0.163. The fourth-order valence-electron chi connectivity index (χ4n) is 0.918. The molecule has 1 aromatic carbocycles. The van der Waals surface area contributed by atoms with Crippen LogP contribution in [-0.2, 0) is 6.54 Å². The number of benzene rings is 1. The maximum Gasteiger partial charge on any atom is 0.420 e. The molecule has 0 radical (unpaired) electrons. The van der Waals surface area contributed by atoms with E-state index >= 15 is 0 Å². The summed E-state index contributed by atoms with van der Waals surface area (Å²) in [5.41, 5.74) is 0.565. The molecule has 1 N–H and O–H groups in total. The predicted molar refractivity (Wildman–Crippen MR) is 45.6 cm³/mol. The van der Waals surface area contributed by atoms with E-state index in [0.717, 1.165) is 0 Å². The minimum Gasteiger partial charge on any atom is -0.464 e. The molecule has 5 heteroatoms. The van der Waals surface area contributed by atoms with Crippen LogP contribution >= 0.6 is 0 Å². The van der Waals surface area contributed by atoms with Crippen LogP contribution < -0.4 is 0 Å². The van der Waals surface area contributed by atoms with Gasteiger partial charge in [0.2, 0.25) is 0 Å². The number of carboxylic acid groups (broad SMARTS) is 1. The second-order valence-corrected chi connectivity index (χ2v) is 2.60. The Bertz CT molecular complexity index is 369. The zero-order chi connectivity index (χ0) is 10.6. The van der Waals surface area contributed by atoms with E-state index in [0.29, 0.717) is 10.5 Å². The van der Waals surface area contributed by atoms with Crippen molar-refractivity contribution in [1.29, 1.82) is 5.26 Å². The van der Waals surface area contributed by atoms with Gasteiger partial charge in [-0.25, -0.2) is 14.1 Å². The van der Waals surface area contributed by atoms with Crippen LogP contribution in [0.2, 0.25) is 0 Å². The van der Waals surface area contributed by atoms with Crippen LogP contribution in [0.4, 0.5) is 9.18 Å². The molecule has 72 valence electrons. The second kappa shape index (κ2) is 4.23. The van der Waals surface area contributed by atoms with Gasteiger partial charge in [0, 0.05) is 0 Å². The number of hydrogen-bond donors (Lipinski definition) is 1. The summed E-state index contributed by atoms with van der Waals surface area (Å²) in [4.78, 5) is 11.0. The SMILES string of the molecule is N#CN(Cc1ccc(F)cc1)C(=O)O. The Labute approximate surface area is 79.8 Å². The molecule has 4 nitrogen and oxygen atoms in total. The fourth-order valence-corrected chi connectivity index (χ4v) is 0.918. The predicted octanol–water partition coefficient (Wildman–Crippen LogP) is 1.79. The number of hydrogen-bond acceptors (Lipinski definition) is 2. The summed E-state index contributed by atoms with van der Waals surface area (Å²) < 4.78 is 12.5. The van der Waals surface area contributed by atoms with Gasteiger partial charge in [-0.1, -0.05) is 12.1 Å². The van der Waals surface area contributed by atoms with E-state index in [1.165, 1.54) is 30.5 Å². The number of nitriles is 1. The third-order valence-electron chi connectivity index (χ3n) is 1.61. The lowest BCUT2D eigenvalue weighted by Crippen LogP contribution is -2.23. The molecule has 0 aliphatic heterocycles. The molecule has 0 atom stereocenters. The lowest BCUT2D eigenvalue weighted by Gasteiger charge is -2.08. The monoisotopic (exact) mass is 194 g/mol. The zero-order valence-electron chi connectivity index (χ0n) is 7.14. The van der Waals surface area contributed by atoms with Crippen LogP contribution in [-0.4, -0.2) is 16.1 Å². The van der Waals surface area contributed by atoms with Crippen molar-refractivity contribution in [3.05, 3.63) is 35.6 Å². The summed E-state index contributed by atoms with van der Waals surface area (Å²) in [6.07, 6.45) is 0.182. The van der Waals surface area contributed by atoms with E-state index in [-0.39, 0.29) is 6.54 Å². The van der Waals surface area contributed by atoms with Gasteiger partial charge in [-0.3, -0.25) is 0 Å². The molecule has 14 heavy (non-hydrogen) atoms. The van der Waals surface area contributed by atoms with Gasteiger partial charge in [-0.15, -0.1) is 0 Å². The van der Waals surface area contributed by atoms with Gasteiger partial charge in [-0.05, 0) is 17.7 Å². The van der Waals surface area contributed by atoms with E-state index in [1.54, 1.807) is 0 Å². The highest BCUT2D eigenvalue weighted by atomic mass is 19.1. The Morgan fingerprint density at radius 1 is 1.50 bits per heavy atom. The highest BCUT2D eigenvalue weighted by molar-refractivity contribution is 5.66. The first-order valence-electron chi connectivity index (χ1n) is 3.78. The van der Waals surface area contributed by atoms with Gasteiger partial charge in [-0.2, -0.15) is 5.26 Å². The summed E-state index contributed by atoms with van der Waals surface area (Å²) in [5, 5.41) is 17.0. The van der Waals surface area contributed by atoms with Crippen molar-refractivity contribution < 1.29 is 14.3 Å². The third kappa shape index (κ3) is 2.45. The third-order valence-corrected chi connectivity index (χ3v) is 1.61. The molecule has 0 saturated heterocycles. The topological polar surface area (TPSA) is 64.3 Å². The van der Waals surface area contributed by atoms with Gasteiger partial charge in [0.1, 0.15) is 5.82 Å². The average molecular weight is 194 g/mol. The van der Waals surface area contributed by atoms with Crippen molar-refractivity contribution in [2.75, 3.05) is 0 Å². The molecule has 1 aromatic rings. The van der Waals surface area contributed by atoms with Crippen LogP contribution in [0.15, 0.2) is 24.3 Å². The molecule has 0 spiro atoms. The Hall–Kier alpha value is -2.09. The molecule has 0 bridgehead atoms. The number of carbonyl (C=O) groups is 1. The van der Waals surface area contributed by atoms with Crippen molar-refractivity contribution in [2.45, 2.75) is 6.54 Å². The van der Waals surface area contributed by atoms with Gasteiger partial charge in [0.25, 0.3) is 0 Å². The van der Waals surface area contributed by atoms with Gasteiger partial charge in [0.15, 0.2) is 6.19 Å². The molecule has 0 aromatic heterocycles. The summed E-state index contributed by atoms with van der Waals surface area (Å²) >= 11 is 0. The van der Waals surface area contributed by atoms with E-state index in [4.69, 9.17) is 10.4 Å². The molecule has 0 saturated carbocycles. The van der Waals surface area contributed by atoms with Crippen LogP contribution in [0.25, 0.3) is 0 Å². The average Bonchev–Trinajstić information content (AvgIpc) is 2.16. The quantitative estimate of drug-likeness (QED) is 0.576. The van der Waals surface area contributed by atoms with Crippen LogP contribution in [0, 0.1) is 17.3 Å². The largest absolute Gasteiger partial charge is 0.464 e. The Balaban J connectivity index is 2.74. The normalized spacial score (nSPS) is 9.14. The molecular formula is C9H7FN2O2. The minimum absolute atomic E-state index is 0.0634. The van der Waals surface area contributed by atoms with Crippen molar-refractivity contribution in [3.63, 3.8) is 0 Å². The van der Waals surface area contributed by atoms with Crippen LogP contribution in [0.5, 0.6) is 0 Å². The smallest absolute Gasteiger partial charge is 0.420 e. The molecule has 1 amide bonds. The van der Waals surface area contributed by atoms with Gasteiger partial charge >= 0.3 is 6.09 Å². The van der Waals surface area contributed by atoms with Crippen LogP contribution in [0.3, 0.4) is 0 Å². The van der Waals surface area contributed by atoms with Crippen molar-refractivity contribution in [2.24, 2.45) is 0 Å². The molecule has 0 unspecified atom stereocenters. The fraction of sp³-hybridized carbons (Fsp3) is 0.111. The zero-order valence-corrected chi connectivity index (χ0v) is 7.14. The highest BCUT2D eigenvalue weighted by Crippen LogP contribution is 2.05. The van der Waals surface area contributed by atoms with E-state index < -0.39 is 11.9 Å². The van der Waals surface area contributed by atoms with Crippen LogP contribution in [0.1, 0.15) is 5.56 Å². The van der Waals surface area contributed by atoms with Gasteiger partial charge in [0.05, 0.1) is 6.54 Å². The lowest BCUT2D eigenvalue weighted by atomic mass is 10.2. The number of amides is 1. The molecular weight excluding hydrogens is 187 g/mol. The van der Waals surface area contributed by atoms with Crippen molar-refractivity contribution >= 4 is 6.09 Å². The number of rotatable bonds is 2. The molecule has 0 aliphatic rings. The first-order chi connectivity index (χ1) is 6.63. The summed E-state index contributed by atoms with van der Waals surface area (Å²) in [6, 6.07) is 5.30. The summed E-state index contributed by atoms with van der Waals surface area (Å²) in [6.45, 7) is -0.0634. The summed E-state index contributed by atoms with van der Waals surface area (Å²) in [7, 11) is 0. The van der Waals surface area contributed by atoms with E-state index in [2.05, 4.69) is 0 Å². The summed E-state index contributed by atoms with van der Waals surface area (Å²) in [5.74, 6) is -0.396. The molecule has 0 fully saturated rings. The molecule has 0 heterocycles.